The molecule has 0 saturated carbocycles. The van der Waals surface area contributed by atoms with Crippen molar-refractivity contribution in [3.63, 3.8) is 0 Å². The van der Waals surface area contributed by atoms with Gasteiger partial charge in [0.15, 0.2) is 0 Å². The van der Waals surface area contributed by atoms with Gasteiger partial charge in [-0.3, -0.25) is 9.59 Å². The van der Waals surface area contributed by atoms with Gasteiger partial charge in [-0.25, -0.2) is 9.29 Å². The quantitative estimate of drug-likeness (QED) is 0.548. The number of hydrogen-bond donors (Lipinski definition) is 1. The van der Waals surface area contributed by atoms with E-state index in [9.17, 15) is 14.0 Å². The summed E-state index contributed by atoms with van der Waals surface area (Å²) in [7, 11) is 2.95. The second-order valence-corrected chi connectivity index (χ2v) is 7.74. The van der Waals surface area contributed by atoms with Crippen molar-refractivity contribution in [2.75, 3.05) is 24.4 Å². The minimum atomic E-state index is -0.551. The second kappa shape index (κ2) is 8.78. The molecule has 0 saturated heterocycles. The molecule has 0 aliphatic carbocycles. The first-order valence-electron chi connectivity index (χ1n) is 10.3. The number of amides is 2. The number of anilines is 2. The Morgan fingerprint density at radius 1 is 0.818 bits per heavy atom. The van der Waals surface area contributed by atoms with Crippen LogP contribution in [0.15, 0.2) is 66.4 Å². The van der Waals surface area contributed by atoms with Gasteiger partial charge >= 0.3 is 0 Å². The monoisotopic (exact) mass is 446 g/mol. The number of methoxy groups -OCH3 is 2. The highest BCUT2D eigenvalue weighted by atomic mass is 19.1. The first-order chi connectivity index (χ1) is 15.8. The lowest BCUT2D eigenvalue weighted by atomic mass is 10.0. The Morgan fingerprint density at radius 2 is 1.48 bits per heavy atom. The van der Waals surface area contributed by atoms with Crippen molar-refractivity contribution in [3.05, 3.63) is 88.9 Å². The molecule has 1 aliphatic heterocycles. The summed E-state index contributed by atoms with van der Waals surface area (Å²) in [5.74, 6) is -0.740. The van der Waals surface area contributed by atoms with E-state index in [1.54, 1.807) is 18.2 Å². The van der Waals surface area contributed by atoms with Crippen molar-refractivity contribution >= 4 is 28.8 Å². The standard InChI is InChI=1S/C26H23FN2O4/c1-15-11-16(2)13-19(12-15)28-24-23(17-5-7-18(27)8-6-17)25(30)29(26(24)31)21-14-20(32-3)9-10-22(21)33-4/h5-14,28H,1-4H3. The summed E-state index contributed by atoms with van der Waals surface area (Å²) in [4.78, 5) is 28.3. The highest BCUT2D eigenvalue weighted by Gasteiger charge is 2.41. The zero-order chi connectivity index (χ0) is 23.7. The summed E-state index contributed by atoms with van der Waals surface area (Å²) in [6.07, 6.45) is 0. The van der Waals surface area contributed by atoms with Gasteiger partial charge in [0, 0.05) is 11.8 Å². The molecule has 33 heavy (non-hydrogen) atoms. The largest absolute Gasteiger partial charge is 0.497 e. The van der Waals surface area contributed by atoms with E-state index < -0.39 is 17.6 Å². The van der Waals surface area contributed by atoms with Gasteiger partial charge < -0.3 is 14.8 Å². The zero-order valence-electron chi connectivity index (χ0n) is 18.7. The fraction of sp³-hybridized carbons (Fsp3) is 0.154. The maximum atomic E-state index is 13.6. The van der Waals surface area contributed by atoms with Crippen LogP contribution >= 0.6 is 0 Å². The molecule has 168 valence electrons. The van der Waals surface area contributed by atoms with Crippen LogP contribution in [0.2, 0.25) is 0 Å². The van der Waals surface area contributed by atoms with Crippen LogP contribution < -0.4 is 19.7 Å². The van der Waals surface area contributed by atoms with Crippen LogP contribution in [0.4, 0.5) is 15.8 Å². The third-order valence-corrected chi connectivity index (χ3v) is 5.33. The van der Waals surface area contributed by atoms with Crippen LogP contribution in [0.3, 0.4) is 0 Å². The number of benzene rings is 3. The van der Waals surface area contributed by atoms with E-state index in [2.05, 4.69) is 5.32 Å². The van der Waals surface area contributed by atoms with Crippen LogP contribution in [0, 0.1) is 19.7 Å². The van der Waals surface area contributed by atoms with Crippen molar-refractivity contribution in [1.82, 2.24) is 0 Å². The number of imide groups is 1. The number of hydrogen-bond acceptors (Lipinski definition) is 5. The van der Waals surface area contributed by atoms with Crippen LogP contribution in [0.5, 0.6) is 11.5 Å². The number of aryl methyl sites for hydroxylation is 2. The minimum Gasteiger partial charge on any atom is -0.497 e. The summed E-state index contributed by atoms with van der Waals surface area (Å²) in [6.45, 7) is 3.89. The van der Waals surface area contributed by atoms with Gasteiger partial charge in [-0.1, -0.05) is 18.2 Å². The maximum absolute atomic E-state index is 13.6. The van der Waals surface area contributed by atoms with E-state index in [4.69, 9.17) is 9.47 Å². The second-order valence-electron chi connectivity index (χ2n) is 7.74. The van der Waals surface area contributed by atoms with E-state index in [-0.39, 0.29) is 17.0 Å². The molecule has 1 heterocycles. The Hall–Kier alpha value is -4.13. The highest BCUT2D eigenvalue weighted by molar-refractivity contribution is 6.46. The van der Waals surface area contributed by atoms with E-state index in [0.717, 1.165) is 16.0 Å². The van der Waals surface area contributed by atoms with Crippen LogP contribution in [-0.2, 0) is 9.59 Å². The third kappa shape index (κ3) is 4.17. The van der Waals surface area contributed by atoms with E-state index in [1.165, 1.54) is 38.5 Å². The van der Waals surface area contributed by atoms with Crippen LogP contribution in [-0.4, -0.2) is 26.0 Å². The lowest BCUT2D eigenvalue weighted by Crippen LogP contribution is -2.32. The van der Waals surface area contributed by atoms with Crippen molar-refractivity contribution < 1.29 is 23.5 Å². The summed E-state index contributed by atoms with van der Waals surface area (Å²) >= 11 is 0. The average molecular weight is 446 g/mol. The number of halogens is 1. The van der Waals surface area contributed by atoms with Crippen molar-refractivity contribution in [3.8, 4) is 11.5 Å². The molecule has 3 aromatic rings. The average Bonchev–Trinajstić information content (AvgIpc) is 3.02. The molecule has 0 spiro atoms. The van der Waals surface area contributed by atoms with Gasteiger partial charge in [0.2, 0.25) is 0 Å². The number of ether oxygens (including phenoxy) is 2. The molecule has 0 aromatic heterocycles. The molecule has 0 unspecified atom stereocenters. The Labute approximate surface area is 191 Å². The Morgan fingerprint density at radius 3 is 2.09 bits per heavy atom. The minimum absolute atomic E-state index is 0.0986. The van der Waals surface area contributed by atoms with E-state index >= 15 is 0 Å². The molecule has 7 heteroatoms. The van der Waals surface area contributed by atoms with Crippen LogP contribution in [0.25, 0.3) is 5.57 Å². The maximum Gasteiger partial charge on any atom is 0.282 e. The van der Waals surface area contributed by atoms with Crippen molar-refractivity contribution in [1.29, 1.82) is 0 Å². The van der Waals surface area contributed by atoms with Gasteiger partial charge in [-0.15, -0.1) is 0 Å². The molecule has 4 rings (SSSR count). The third-order valence-electron chi connectivity index (χ3n) is 5.33. The number of carbonyl (C=O) groups is 2. The van der Waals surface area contributed by atoms with Gasteiger partial charge in [-0.05, 0) is 66.9 Å². The predicted molar refractivity (Wildman–Crippen MR) is 125 cm³/mol. The fourth-order valence-corrected chi connectivity index (χ4v) is 3.91. The Kier molecular flexibility index (Phi) is 5.87. The van der Waals surface area contributed by atoms with Gasteiger partial charge in [0.25, 0.3) is 11.8 Å². The molecular weight excluding hydrogens is 423 g/mol. The number of carbonyl (C=O) groups excluding carboxylic acids is 2. The molecule has 1 N–H and O–H groups in total. The molecule has 3 aromatic carbocycles. The van der Waals surface area contributed by atoms with E-state index in [0.29, 0.717) is 22.7 Å². The molecule has 0 fully saturated rings. The zero-order valence-corrected chi connectivity index (χ0v) is 18.7. The Balaban J connectivity index is 1.87. The normalized spacial score (nSPS) is 13.5. The molecular formula is C26H23FN2O4. The summed E-state index contributed by atoms with van der Waals surface area (Å²) < 4.78 is 24.3. The lowest BCUT2D eigenvalue weighted by molar-refractivity contribution is -0.120. The SMILES string of the molecule is COc1ccc(OC)c(N2C(=O)C(Nc3cc(C)cc(C)c3)=C(c3ccc(F)cc3)C2=O)c1. The summed E-state index contributed by atoms with van der Waals surface area (Å²) in [5.41, 5.74) is 3.59. The lowest BCUT2D eigenvalue weighted by Gasteiger charge is -2.19. The van der Waals surface area contributed by atoms with Gasteiger partial charge in [-0.2, -0.15) is 0 Å². The van der Waals surface area contributed by atoms with E-state index in [1.807, 2.05) is 32.0 Å². The van der Waals surface area contributed by atoms with Crippen molar-refractivity contribution in [2.45, 2.75) is 13.8 Å². The van der Waals surface area contributed by atoms with Crippen molar-refractivity contribution in [2.24, 2.45) is 0 Å². The molecule has 6 nitrogen and oxygen atoms in total. The molecule has 0 radical (unpaired) electrons. The fourth-order valence-electron chi connectivity index (χ4n) is 3.91. The topological polar surface area (TPSA) is 67.9 Å². The smallest absolute Gasteiger partial charge is 0.282 e. The first kappa shape index (κ1) is 22.1. The Bertz CT molecular complexity index is 1260. The summed E-state index contributed by atoms with van der Waals surface area (Å²) in [6, 6.07) is 16.1. The first-order valence-corrected chi connectivity index (χ1v) is 10.3. The molecule has 1 aliphatic rings. The number of nitrogens with zero attached hydrogens (tertiary/aromatic N) is 1. The highest BCUT2D eigenvalue weighted by Crippen LogP contribution is 2.39. The molecule has 2 amide bonds. The number of nitrogens with one attached hydrogen (secondary N) is 1. The van der Waals surface area contributed by atoms with Crippen LogP contribution in [0.1, 0.15) is 16.7 Å². The summed E-state index contributed by atoms with van der Waals surface area (Å²) in [5, 5.41) is 3.13. The predicted octanol–water partition coefficient (Wildman–Crippen LogP) is 4.86. The van der Waals surface area contributed by atoms with Gasteiger partial charge in [0.05, 0.1) is 25.5 Å². The van der Waals surface area contributed by atoms with Gasteiger partial charge in [0.1, 0.15) is 23.0 Å². The molecule has 0 bridgehead atoms. The molecule has 0 atom stereocenters. The number of rotatable bonds is 6.